The lowest BCUT2D eigenvalue weighted by atomic mass is 9.98. The van der Waals surface area contributed by atoms with Gasteiger partial charge in [-0.3, -0.25) is 9.59 Å². The van der Waals surface area contributed by atoms with Crippen molar-refractivity contribution in [3.63, 3.8) is 0 Å². The van der Waals surface area contributed by atoms with Gasteiger partial charge in [0.1, 0.15) is 28.5 Å². The van der Waals surface area contributed by atoms with Crippen molar-refractivity contribution in [1.82, 2.24) is 9.97 Å². The maximum absolute atomic E-state index is 14.0. The van der Waals surface area contributed by atoms with Gasteiger partial charge in [-0.25, -0.2) is 0 Å². The van der Waals surface area contributed by atoms with Gasteiger partial charge in [0.2, 0.25) is 0 Å². The number of rotatable bonds is 6. The van der Waals surface area contributed by atoms with Crippen LogP contribution >= 0.6 is 11.6 Å². The van der Waals surface area contributed by atoms with E-state index in [2.05, 4.69) is 9.97 Å². The number of fused-ring (bicyclic) bond motifs is 4. The SMILES string of the molecule is COc1cc2cc(C(=O)N3C[C@@H](CCl)c4c3cc(OC(C)(C)C)c3[nH]c(C(C)=O)cc43)[nH]c2c(OC)c1C. The van der Waals surface area contributed by atoms with Crippen LogP contribution in [0, 0.1) is 6.92 Å². The summed E-state index contributed by atoms with van der Waals surface area (Å²) in [6.45, 7) is 9.71. The molecule has 0 saturated carbocycles. The van der Waals surface area contributed by atoms with E-state index in [4.69, 9.17) is 25.8 Å². The third-order valence-electron chi connectivity index (χ3n) is 6.95. The van der Waals surface area contributed by atoms with E-state index in [1.165, 1.54) is 6.92 Å². The van der Waals surface area contributed by atoms with Crippen LogP contribution in [0.2, 0.25) is 0 Å². The van der Waals surface area contributed by atoms with Crippen molar-refractivity contribution < 1.29 is 23.8 Å². The van der Waals surface area contributed by atoms with E-state index in [0.717, 1.165) is 38.6 Å². The van der Waals surface area contributed by atoms with E-state index in [9.17, 15) is 9.59 Å². The molecule has 1 aliphatic heterocycles. The summed E-state index contributed by atoms with van der Waals surface area (Å²) in [6, 6.07) is 7.42. The zero-order valence-electron chi connectivity index (χ0n) is 22.7. The minimum atomic E-state index is -0.493. The fourth-order valence-corrected chi connectivity index (χ4v) is 5.55. The average Bonchev–Trinajstić information content (AvgIpc) is 3.57. The molecule has 0 fully saturated rings. The van der Waals surface area contributed by atoms with E-state index in [1.54, 1.807) is 19.1 Å². The molecular weight excluding hydrogens is 506 g/mol. The Kier molecular flexibility index (Phi) is 6.34. The van der Waals surface area contributed by atoms with Crippen LogP contribution in [-0.4, -0.2) is 53.9 Å². The number of ether oxygens (including phenoxy) is 3. The molecule has 38 heavy (non-hydrogen) atoms. The van der Waals surface area contributed by atoms with Crippen molar-refractivity contribution in [1.29, 1.82) is 0 Å². The van der Waals surface area contributed by atoms with Crippen molar-refractivity contribution in [3.8, 4) is 17.2 Å². The predicted octanol–water partition coefficient (Wildman–Crippen LogP) is 6.34. The molecule has 3 heterocycles. The van der Waals surface area contributed by atoms with Crippen LogP contribution in [0.3, 0.4) is 0 Å². The number of hydrogen-bond donors (Lipinski definition) is 2. The molecular formula is C29H32ClN3O5. The lowest BCUT2D eigenvalue weighted by Gasteiger charge is -2.24. The molecule has 5 rings (SSSR count). The lowest BCUT2D eigenvalue weighted by molar-refractivity contribution is 0.0982. The number of nitrogens with zero attached hydrogens (tertiary/aromatic N) is 1. The summed E-state index contributed by atoms with van der Waals surface area (Å²) in [5, 5.41) is 1.65. The smallest absolute Gasteiger partial charge is 0.274 e. The Bertz CT molecular complexity index is 1590. The van der Waals surface area contributed by atoms with Gasteiger partial charge in [-0.1, -0.05) is 0 Å². The number of nitrogens with one attached hydrogen (secondary N) is 2. The minimum absolute atomic E-state index is 0.0808. The summed E-state index contributed by atoms with van der Waals surface area (Å²) in [7, 11) is 3.20. The molecule has 200 valence electrons. The van der Waals surface area contributed by atoms with Crippen molar-refractivity contribution >= 4 is 50.8 Å². The Balaban J connectivity index is 1.68. The van der Waals surface area contributed by atoms with Gasteiger partial charge < -0.3 is 29.1 Å². The number of H-pyrrole nitrogens is 2. The highest BCUT2D eigenvalue weighted by Gasteiger charge is 2.37. The quantitative estimate of drug-likeness (QED) is 0.221. The molecule has 0 spiro atoms. The highest BCUT2D eigenvalue weighted by Crippen LogP contribution is 2.47. The molecule has 2 N–H and O–H groups in total. The monoisotopic (exact) mass is 537 g/mol. The van der Waals surface area contributed by atoms with Crippen molar-refractivity contribution in [2.45, 2.75) is 46.1 Å². The van der Waals surface area contributed by atoms with Crippen LogP contribution in [0.5, 0.6) is 17.2 Å². The Labute approximate surface area is 226 Å². The third-order valence-corrected chi connectivity index (χ3v) is 7.33. The Morgan fingerprint density at radius 2 is 1.74 bits per heavy atom. The maximum Gasteiger partial charge on any atom is 0.274 e. The Morgan fingerprint density at radius 1 is 1.03 bits per heavy atom. The van der Waals surface area contributed by atoms with Crippen LogP contribution in [0.25, 0.3) is 21.8 Å². The van der Waals surface area contributed by atoms with E-state index >= 15 is 0 Å². The average molecular weight is 538 g/mol. The van der Waals surface area contributed by atoms with Crippen LogP contribution in [-0.2, 0) is 0 Å². The van der Waals surface area contributed by atoms with Crippen LogP contribution in [0.4, 0.5) is 5.69 Å². The summed E-state index contributed by atoms with van der Waals surface area (Å²) in [4.78, 5) is 34.5. The zero-order chi connectivity index (χ0) is 27.5. The number of alkyl halides is 1. The molecule has 2 aromatic heterocycles. The van der Waals surface area contributed by atoms with Crippen molar-refractivity contribution in [2.24, 2.45) is 0 Å². The van der Waals surface area contributed by atoms with Crippen molar-refractivity contribution in [2.75, 3.05) is 31.5 Å². The first-order valence-electron chi connectivity index (χ1n) is 12.5. The van der Waals surface area contributed by atoms with E-state index < -0.39 is 5.60 Å². The molecule has 9 heteroatoms. The van der Waals surface area contributed by atoms with E-state index in [0.29, 0.717) is 41.1 Å². The number of Topliss-reactive ketones (excluding diaryl/α,β-unsaturated/α-hetero) is 1. The first-order chi connectivity index (χ1) is 18.0. The summed E-state index contributed by atoms with van der Waals surface area (Å²) >= 11 is 6.44. The maximum atomic E-state index is 14.0. The molecule has 0 unspecified atom stereocenters. The van der Waals surface area contributed by atoms with Gasteiger partial charge in [0.15, 0.2) is 5.78 Å². The highest BCUT2D eigenvalue weighted by atomic mass is 35.5. The second-order valence-corrected chi connectivity index (χ2v) is 11.0. The van der Waals surface area contributed by atoms with Gasteiger partial charge >= 0.3 is 0 Å². The number of aromatic amines is 2. The van der Waals surface area contributed by atoms with Gasteiger partial charge in [0, 0.05) is 47.7 Å². The molecule has 0 saturated heterocycles. The van der Waals surface area contributed by atoms with E-state index in [1.807, 2.05) is 52.0 Å². The van der Waals surface area contributed by atoms with E-state index in [-0.39, 0.29) is 17.6 Å². The molecule has 1 atom stereocenters. The standard InChI is InChI=1S/C29H32ClN3O5/c1-14-22(36-6)9-16-8-20(32-25(16)27(14)37-7)28(35)33-13-17(12-30)24-18-10-19(15(2)34)31-26(18)23(11-21(24)33)38-29(3,4)5/h8-11,17,31-32H,12-13H2,1-7H3/t17-/m1/s1. The Morgan fingerprint density at radius 3 is 2.34 bits per heavy atom. The predicted molar refractivity (Wildman–Crippen MR) is 150 cm³/mol. The van der Waals surface area contributed by atoms with Gasteiger partial charge in [0.05, 0.1) is 36.6 Å². The number of amides is 1. The van der Waals surface area contributed by atoms with Gasteiger partial charge in [0.25, 0.3) is 5.91 Å². The molecule has 0 aliphatic carbocycles. The number of carbonyl (C=O) groups is 2. The fourth-order valence-electron chi connectivity index (χ4n) is 5.30. The number of halogens is 1. The summed E-state index contributed by atoms with van der Waals surface area (Å²) < 4.78 is 17.5. The van der Waals surface area contributed by atoms with Gasteiger partial charge in [-0.15, -0.1) is 11.6 Å². The fraction of sp³-hybridized carbons (Fsp3) is 0.379. The lowest BCUT2D eigenvalue weighted by Crippen LogP contribution is -2.30. The first-order valence-corrected chi connectivity index (χ1v) is 13.0. The molecule has 8 nitrogen and oxygen atoms in total. The summed E-state index contributed by atoms with van der Waals surface area (Å²) in [5.41, 5.74) is 4.36. The molecule has 2 aromatic carbocycles. The summed E-state index contributed by atoms with van der Waals surface area (Å²) in [6.07, 6.45) is 0. The number of hydrogen-bond acceptors (Lipinski definition) is 5. The van der Waals surface area contributed by atoms with Gasteiger partial charge in [-0.05, 0) is 51.5 Å². The van der Waals surface area contributed by atoms with Crippen LogP contribution < -0.4 is 19.1 Å². The molecule has 4 aromatic rings. The third kappa shape index (κ3) is 4.17. The van der Waals surface area contributed by atoms with Gasteiger partial charge in [-0.2, -0.15) is 0 Å². The normalized spacial score (nSPS) is 15.3. The molecule has 1 aliphatic rings. The molecule has 0 bridgehead atoms. The van der Waals surface area contributed by atoms with Crippen molar-refractivity contribution in [3.05, 3.63) is 46.8 Å². The number of carbonyl (C=O) groups excluding carboxylic acids is 2. The largest absolute Gasteiger partial charge is 0.496 e. The highest BCUT2D eigenvalue weighted by molar-refractivity contribution is 6.19. The Hall–Kier alpha value is -3.65. The second kappa shape index (κ2) is 9.27. The number of anilines is 1. The second-order valence-electron chi connectivity index (χ2n) is 10.7. The first kappa shape index (κ1) is 26.0. The number of aromatic nitrogens is 2. The molecule has 1 amide bonds. The van der Waals surface area contributed by atoms with Crippen LogP contribution in [0.1, 0.15) is 65.7 Å². The number of methoxy groups -OCH3 is 2. The van der Waals surface area contributed by atoms with Crippen LogP contribution in [0.15, 0.2) is 24.3 Å². The number of benzene rings is 2. The molecule has 0 radical (unpaired) electrons. The zero-order valence-corrected chi connectivity index (χ0v) is 23.4. The topological polar surface area (TPSA) is 96.6 Å². The summed E-state index contributed by atoms with van der Waals surface area (Å²) in [5.74, 6) is 1.82. The minimum Gasteiger partial charge on any atom is -0.496 e. The number of ketones is 1.